The summed E-state index contributed by atoms with van der Waals surface area (Å²) in [6.45, 7) is 0.984. The van der Waals surface area contributed by atoms with Crippen LogP contribution in [0, 0.1) is 0 Å². The highest BCUT2D eigenvalue weighted by atomic mass is 35.5. The Bertz CT molecular complexity index is 1410. The Hall–Kier alpha value is -4.12. The third-order valence-corrected chi connectivity index (χ3v) is 6.34. The molecule has 4 aromatic rings. The van der Waals surface area contributed by atoms with Gasteiger partial charge in [-0.15, -0.1) is 0 Å². The van der Waals surface area contributed by atoms with Crippen LogP contribution in [-0.4, -0.2) is 24.8 Å². The van der Waals surface area contributed by atoms with E-state index in [4.69, 9.17) is 32.7 Å². The molecule has 0 spiro atoms. The number of unbranched alkanes of at least 4 members (excludes halogenated alkanes) is 1. The minimum absolute atomic E-state index is 0.112. The third-order valence-electron chi connectivity index (χ3n) is 5.86. The summed E-state index contributed by atoms with van der Waals surface area (Å²) in [5.74, 6) is 1.05. The van der Waals surface area contributed by atoms with Gasteiger partial charge in [0, 0.05) is 21.2 Å². The SMILES string of the molecule is O=C(/C=C/c1cccc(Cl)c1)c1cccc(OCCCCOc2cccc(C(=O)/C=C/c3cccc(Cl)c3)c2)c1. The van der Waals surface area contributed by atoms with E-state index in [9.17, 15) is 9.59 Å². The van der Waals surface area contributed by atoms with Crippen molar-refractivity contribution in [2.45, 2.75) is 12.8 Å². The van der Waals surface area contributed by atoms with E-state index in [2.05, 4.69) is 0 Å². The average molecular weight is 572 g/mol. The van der Waals surface area contributed by atoms with E-state index >= 15 is 0 Å². The van der Waals surface area contributed by atoms with Crippen molar-refractivity contribution in [1.29, 1.82) is 0 Å². The van der Waals surface area contributed by atoms with Gasteiger partial charge in [-0.1, -0.05) is 83.9 Å². The average Bonchev–Trinajstić information content (AvgIpc) is 2.97. The number of ether oxygens (including phenoxy) is 2. The second-order valence-corrected chi connectivity index (χ2v) is 9.84. The molecule has 0 bridgehead atoms. The van der Waals surface area contributed by atoms with Crippen molar-refractivity contribution in [3.63, 3.8) is 0 Å². The van der Waals surface area contributed by atoms with Gasteiger partial charge in [0.1, 0.15) is 11.5 Å². The molecule has 0 atom stereocenters. The lowest BCUT2D eigenvalue weighted by Crippen LogP contribution is -2.04. The second kappa shape index (κ2) is 14.9. The molecule has 0 N–H and O–H groups in total. The molecule has 4 aromatic carbocycles. The number of benzene rings is 4. The molecule has 0 saturated carbocycles. The van der Waals surface area contributed by atoms with Crippen LogP contribution in [0.1, 0.15) is 44.7 Å². The molecule has 0 radical (unpaired) electrons. The normalized spacial score (nSPS) is 11.2. The van der Waals surface area contributed by atoms with Crippen molar-refractivity contribution in [3.05, 3.63) is 142 Å². The standard InChI is InChI=1S/C34H28Cl2O4/c35-29-11-3-7-25(21-29)15-17-33(37)27-9-5-13-31(23-27)39-19-1-2-20-40-32-14-6-10-28(24-32)34(38)18-16-26-8-4-12-30(36)22-26/h3-18,21-24H,1-2,19-20H2/b17-15+,18-16+. The van der Waals surface area contributed by atoms with Gasteiger partial charge in [0.25, 0.3) is 0 Å². The number of hydrogen-bond donors (Lipinski definition) is 0. The predicted molar refractivity (Wildman–Crippen MR) is 163 cm³/mol. The number of halogens is 2. The fourth-order valence-corrected chi connectivity index (χ4v) is 4.22. The first-order valence-corrected chi connectivity index (χ1v) is 13.6. The van der Waals surface area contributed by atoms with E-state index in [1.807, 2.05) is 36.4 Å². The topological polar surface area (TPSA) is 52.6 Å². The van der Waals surface area contributed by atoms with Gasteiger partial charge in [0.15, 0.2) is 11.6 Å². The highest BCUT2D eigenvalue weighted by molar-refractivity contribution is 6.31. The molecule has 40 heavy (non-hydrogen) atoms. The maximum absolute atomic E-state index is 12.6. The fraction of sp³-hybridized carbons (Fsp3) is 0.118. The van der Waals surface area contributed by atoms with Crippen molar-refractivity contribution in [3.8, 4) is 11.5 Å². The minimum Gasteiger partial charge on any atom is -0.494 e. The molecule has 0 unspecified atom stereocenters. The molecule has 0 amide bonds. The molecule has 0 fully saturated rings. The minimum atomic E-state index is -0.112. The molecule has 6 heteroatoms. The second-order valence-electron chi connectivity index (χ2n) is 8.96. The molecule has 4 nitrogen and oxygen atoms in total. The van der Waals surface area contributed by atoms with Crippen LogP contribution in [-0.2, 0) is 0 Å². The highest BCUT2D eigenvalue weighted by Gasteiger charge is 2.06. The molecular formula is C34H28Cl2O4. The smallest absolute Gasteiger partial charge is 0.185 e. The van der Waals surface area contributed by atoms with Gasteiger partial charge in [0.2, 0.25) is 0 Å². The lowest BCUT2D eigenvalue weighted by molar-refractivity contribution is 0.103. The zero-order chi connectivity index (χ0) is 28.2. The van der Waals surface area contributed by atoms with Crippen LogP contribution < -0.4 is 9.47 Å². The van der Waals surface area contributed by atoms with Crippen molar-refractivity contribution in [1.82, 2.24) is 0 Å². The van der Waals surface area contributed by atoms with Gasteiger partial charge >= 0.3 is 0 Å². The quantitative estimate of drug-likeness (QED) is 0.0913. The summed E-state index contributed by atoms with van der Waals surface area (Å²) in [6, 6.07) is 28.9. The molecule has 4 rings (SSSR count). The predicted octanol–water partition coefficient (Wildman–Crippen LogP) is 9.02. The zero-order valence-electron chi connectivity index (χ0n) is 21.8. The van der Waals surface area contributed by atoms with Crippen molar-refractivity contribution >= 4 is 46.9 Å². The van der Waals surface area contributed by atoms with E-state index < -0.39 is 0 Å². The lowest BCUT2D eigenvalue weighted by Gasteiger charge is -2.09. The highest BCUT2D eigenvalue weighted by Crippen LogP contribution is 2.18. The van der Waals surface area contributed by atoms with E-state index in [0.29, 0.717) is 45.9 Å². The Balaban J connectivity index is 1.19. The van der Waals surface area contributed by atoms with Crippen molar-refractivity contribution in [2.24, 2.45) is 0 Å². The van der Waals surface area contributed by atoms with Crippen LogP contribution in [0.25, 0.3) is 12.2 Å². The van der Waals surface area contributed by atoms with Gasteiger partial charge < -0.3 is 9.47 Å². The number of carbonyl (C=O) groups excluding carboxylic acids is 2. The van der Waals surface area contributed by atoms with Crippen LogP contribution in [0.5, 0.6) is 11.5 Å². The lowest BCUT2D eigenvalue weighted by atomic mass is 10.1. The zero-order valence-corrected chi connectivity index (χ0v) is 23.3. The van der Waals surface area contributed by atoms with Crippen molar-refractivity contribution in [2.75, 3.05) is 13.2 Å². The summed E-state index contributed by atoms with van der Waals surface area (Å²) in [5, 5.41) is 1.25. The van der Waals surface area contributed by atoms with Gasteiger partial charge in [0.05, 0.1) is 13.2 Å². The molecule has 0 saturated heterocycles. The van der Waals surface area contributed by atoms with Gasteiger partial charge in [-0.25, -0.2) is 0 Å². The number of ketones is 2. The third kappa shape index (κ3) is 9.26. The summed E-state index contributed by atoms with van der Waals surface area (Å²) < 4.78 is 11.7. The Morgan fingerprint density at radius 3 is 1.43 bits per heavy atom. The molecule has 202 valence electrons. The Morgan fingerprint density at radius 1 is 0.575 bits per heavy atom. The first-order chi connectivity index (χ1) is 19.5. The molecule has 0 aromatic heterocycles. The fourth-order valence-electron chi connectivity index (χ4n) is 3.82. The summed E-state index contributed by atoms with van der Waals surface area (Å²) in [7, 11) is 0. The summed E-state index contributed by atoms with van der Waals surface area (Å²) in [5.41, 5.74) is 2.82. The molecule has 0 aliphatic rings. The molecule has 0 heterocycles. The Morgan fingerprint density at radius 2 is 1.00 bits per heavy atom. The summed E-state index contributed by atoms with van der Waals surface area (Å²) >= 11 is 12.0. The van der Waals surface area contributed by atoms with E-state index in [1.54, 1.807) is 72.8 Å². The van der Waals surface area contributed by atoms with E-state index in [1.165, 1.54) is 12.2 Å². The van der Waals surface area contributed by atoms with Crippen molar-refractivity contribution < 1.29 is 19.1 Å². The Labute approximate surface area is 244 Å². The first kappa shape index (κ1) is 28.9. The van der Waals surface area contributed by atoms with Gasteiger partial charge in [-0.3, -0.25) is 9.59 Å². The number of hydrogen-bond acceptors (Lipinski definition) is 4. The number of rotatable bonds is 13. The van der Waals surface area contributed by atoms with Crippen LogP contribution >= 0.6 is 23.2 Å². The summed E-state index contributed by atoms with van der Waals surface area (Å²) in [4.78, 5) is 25.1. The Kier molecular flexibility index (Phi) is 10.7. The van der Waals surface area contributed by atoms with Gasteiger partial charge in [-0.05, 0) is 84.7 Å². The van der Waals surface area contributed by atoms with Crippen LogP contribution in [0.2, 0.25) is 10.0 Å². The van der Waals surface area contributed by atoms with Crippen LogP contribution in [0.4, 0.5) is 0 Å². The van der Waals surface area contributed by atoms with E-state index in [-0.39, 0.29) is 11.6 Å². The maximum Gasteiger partial charge on any atom is 0.185 e. The van der Waals surface area contributed by atoms with Gasteiger partial charge in [-0.2, -0.15) is 0 Å². The molecular weight excluding hydrogens is 543 g/mol. The molecule has 0 aliphatic heterocycles. The van der Waals surface area contributed by atoms with Crippen LogP contribution in [0.15, 0.2) is 109 Å². The number of allylic oxidation sites excluding steroid dienone is 2. The first-order valence-electron chi connectivity index (χ1n) is 12.9. The maximum atomic E-state index is 12.6. The monoisotopic (exact) mass is 570 g/mol. The summed E-state index contributed by atoms with van der Waals surface area (Å²) in [6.07, 6.45) is 8.08. The van der Waals surface area contributed by atoms with E-state index in [0.717, 1.165) is 24.0 Å². The number of carbonyl (C=O) groups is 2. The van der Waals surface area contributed by atoms with Crippen LogP contribution in [0.3, 0.4) is 0 Å². The molecule has 0 aliphatic carbocycles. The largest absolute Gasteiger partial charge is 0.494 e.